The molecule has 0 bridgehead atoms. The molecule has 0 radical (unpaired) electrons. The Labute approximate surface area is 107 Å². The highest BCUT2D eigenvalue weighted by molar-refractivity contribution is 9.10. The van der Waals surface area contributed by atoms with Gasteiger partial charge in [0.25, 0.3) is 0 Å². The number of halogens is 2. The highest BCUT2D eigenvalue weighted by Crippen LogP contribution is 2.26. The number of nitrogens with two attached hydrogens (primary N) is 1. The third kappa shape index (κ3) is 4.22. The molecule has 0 fully saturated rings. The predicted octanol–water partition coefficient (Wildman–Crippen LogP) is 2.54. The summed E-state index contributed by atoms with van der Waals surface area (Å²) in [5, 5.41) is 2.88. The summed E-state index contributed by atoms with van der Waals surface area (Å²) in [5.41, 5.74) is 6.58. The normalized spacial score (nSPS) is 10.1. The molecule has 0 saturated heterocycles. The summed E-state index contributed by atoms with van der Waals surface area (Å²) in [7, 11) is 0. The molecular formula is C11H14BrFN2O2. The van der Waals surface area contributed by atoms with Gasteiger partial charge in [0.2, 0.25) is 0 Å². The first-order valence-corrected chi connectivity index (χ1v) is 5.98. The zero-order chi connectivity index (χ0) is 12.8. The van der Waals surface area contributed by atoms with Gasteiger partial charge in [-0.25, -0.2) is 4.39 Å². The van der Waals surface area contributed by atoms with Crippen molar-refractivity contribution in [1.82, 2.24) is 0 Å². The maximum Gasteiger partial charge on any atom is 0.307 e. The largest absolute Gasteiger partial charge is 0.466 e. The highest BCUT2D eigenvalue weighted by Gasteiger charge is 2.06. The average molecular weight is 305 g/mol. The van der Waals surface area contributed by atoms with Crippen LogP contribution in [0.3, 0.4) is 0 Å². The zero-order valence-electron chi connectivity index (χ0n) is 9.43. The van der Waals surface area contributed by atoms with Crippen molar-refractivity contribution in [1.29, 1.82) is 0 Å². The fourth-order valence-corrected chi connectivity index (χ4v) is 1.61. The van der Waals surface area contributed by atoms with Gasteiger partial charge in [-0.3, -0.25) is 4.79 Å². The number of ether oxygens (including phenoxy) is 1. The molecule has 0 amide bonds. The van der Waals surface area contributed by atoms with Gasteiger partial charge in [0.1, 0.15) is 5.82 Å². The van der Waals surface area contributed by atoms with Gasteiger partial charge in [-0.1, -0.05) is 0 Å². The Morgan fingerprint density at radius 2 is 2.29 bits per heavy atom. The van der Waals surface area contributed by atoms with Crippen molar-refractivity contribution in [2.45, 2.75) is 13.3 Å². The van der Waals surface area contributed by atoms with Gasteiger partial charge in [-0.05, 0) is 28.9 Å². The maximum absolute atomic E-state index is 13.2. The number of nitrogens with one attached hydrogen (secondary N) is 1. The van der Waals surface area contributed by atoms with Crippen molar-refractivity contribution in [2.75, 3.05) is 24.2 Å². The molecule has 94 valence electrons. The van der Waals surface area contributed by atoms with Gasteiger partial charge < -0.3 is 15.8 Å². The summed E-state index contributed by atoms with van der Waals surface area (Å²) in [5.74, 6) is -0.700. The van der Waals surface area contributed by atoms with E-state index in [1.165, 1.54) is 12.1 Å². The molecule has 0 aliphatic carbocycles. The molecule has 0 unspecified atom stereocenters. The Hall–Kier alpha value is -1.30. The van der Waals surface area contributed by atoms with Crippen LogP contribution >= 0.6 is 15.9 Å². The average Bonchev–Trinajstić information content (AvgIpc) is 2.26. The molecule has 17 heavy (non-hydrogen) atoms. The molecule has 0 aromatic heterocycles. The second-order valence-electron chi connectivity index (χ2n) is 3.34. The lowest BCUT2D eigenvalue weighted by Gasteiger charge is -2.09. The summed E-state index contributed by atoms with van der Waals surface area (Å²) in [4.78, 5) is 11.1. The third-order valence-corrected chi connectivity index (χ3v) is 2.65. The predicted molar refractivity (Wildman–Crippen MR) is 68.3 cm³/mol. The van der Waals surface area contributed by atoms with Crippen LogP contribution in [0.25, 0.3) is 0 Å². The summed E-state index contributed by atoms with van der Waals surface area (Å²) < 4.78 is 18.3. The molecule has 6 heteroatoms. The minimum Gasteiger partial charge on any atom is -0.466 e. The summed E-state index contributed by atoms with van der Waals surface area (Å²) >= 11 is 3.04. The second-order valence-corrected chi connectivity index (χ2v) is 4.19. The maximum atomic E-state index is 13.2. The van der Waals surface area contributed by atoms with Gasteiger partial charge in [0.05, 0.1) is 28.9 Å². The van der Waals surface area contributed by atoms with Crippen molar-refractivity contribution in [2.24, 2.45) is 0 Å². The Morgan fingerprint density at radius 1 is 1.59 bits per heavy atom. The van der Waals surface area contributed by atoms with E-state index in [4.69, 9.17) is 10.5 Å². The summed E-state index contributed by atoms with van der Waals surface area (Å²) in [6.45, 7) is 2.45. The summed E-state index contributed by atoms with van der Waals surface area (Å²) in [6, 6.07) is 2.76. The molecule has 1 aromatic carbocycles. The van der Waals surface area contributed by atoms with Gasteiger partial charge >= 0.3 is 5.97 Å². The fraction of sp³-hybridized carbons (Fsp3) is 0.364. The Kier molecular flexibility index (Phi) is 5.21. The molecular weight excluding hydrogens is 291 g/mol. The SMILES string of the molecule is CCOC(=O)CCNc1cc(F)c(Br)cc1N. The minimum atomic E-state index is -0.405. The number of rotatable bonds is 5. The molecule has 0 aliphatic heterocycles. The van der Waals surface area contributed by atoms with Gasteiger partial charge in [0.15, 0.2) is 0 Å². The molecule has 0 spiro atoms. The van der Waals surface area contributed by atoms with Crippen LogP contribution in [0, 0.1) is 5.82 Å². The van der Waals surface area contributed by atoms with E-state index >= 15 is 0 Å². The van der Waals surface area contributed by atoms with E-state index in [-0.39, 0.29) is 12.4 Å². The van der Waals surface area contributed by atoms with Crippen LogP contribution in [0.1, 0.15) is 13.3 Å². The highest BCUT2D eigenvalue weighted by atomic mass is 79.9. The summed E-state index contributed by atoms with van der Waals surface area (Å²) in [6.07, 6.45) is 0.213. The number of carbonyl (C=O) groups is 1. The van der Waals surface area contributed by atoms with Crippen LogP contribution in [0.4, 0.5) is 15.8 Å². The molecule has 0 heterocycles. The first-order valence-electron chi connectivity index (χ1n) is 5.18. The van der Waals surface area contributed by atoms with Crippen LogP contribution in [0.15, 0.2) is 16.6 Å². The molecule has 4 nitrogen and oxygen atoms in total. The van der Waals surface area contributed by atoms with E-state index in [0.29, 0.717) is 29.0 Å². The van der Waals surface area contributed by atoms with Crippen molar-refractivity contribution >= 4 is 33.3 Å². The van der Waals surface area contributed by atoms with Crippen LogP contribution in [-0.4, -0.2) is 19.1 Å². The minimum absolute atomic E-state index is 0.213. The van der Waals surface area contributed by atoms with E-state index in [9.17, 15) is 9.18 Å². The molecule has 0 aliphatic rings. The van der Waals surface area contributed by atoms with E-state index in [1.54, 1.807) is 6.92 Å². The number of nitrogen functional groups attached to an aromatic ring is 1. The van der Waals surface area contributed by atoms with Gasteiger partial charge in [0, 0.05) is 12.6 Å². The first kappa shape index (κ1) is 13.8. The lowest BCUT2D eigenvalue weighted by molar-refractivity contribution is -0.142. The second kappa shape index (κ2) is 6.44. The fourth-order valence-electron chi connectivity index (χ4n) is 1.25. The van der Waals surface area contributed by atoms with Crippen LogP contribution in [0.2, 0.25) is 0 Å². The molecule has 3 N–H and O–H groups in total. The number of hydrogen-bond donors (Lipinski definition) is 2. The zero-order valence-corrected chi connectivity index (χ0v) is 11.0. The van der Waals surface area contributed by atoms with E-state index in [2.05, 4.69) is 21.2 Å². The Morgan fingerprint density at radius 3 is 2.94 bits per heavy atom. The van der Waals surface area contributed by atoms with Crippen molar-refractivity contribution in [3.8, 4) is 0 Å². The number of esters is 1. The van der Waals surface area contributed by atoms with Crippen LogP contribution in [0.5, 0.6) is 0 Å². The monoisotopic (exact) mass is 304 g/mol. The van der Waals surface area contributed by atoms with E-state index in [0.717, 1.165) is 0 Å². The topological polar surface area (TPSA) is 64.3 Å². The smallest absolute Gasteiger partial charge is 0.307 e. The molecule has 0 saturated carbocycles. The number of carbonyl (C=O) groups excluding carboxylic acids is 1. The van der Waals surface area contributed by atoms with Crippen molar-refractivity contribution < 1.29 is 13.9 Å². The van der Waals surface area contributed by atoms with Crippen LogP contribution in [-0.2, 0) is 9.53 Å². The Bertz CT molecular complexity index is 413. The van der Waals surface area contributed by atoms with E-state index < -0.39 is 5.82 Å². The quantitative estimate of drug-likeness (QED) is 0.648. The number of hydrogen-bond acceptors (Lipinski definition) is 4. The van der Waals surface area contributed by atoms with Crippen molar-refractivity contribution in [3.63, 3.8) is 0 Å². The van der Waals surface area contributed by atoms with Gasteiger partial charge in [-0.15, -0.1) is 0 Å². The van der Waals surface area contributed by atoms with Crippen molar-refractivity contribution in [3.05, 3.63) is 22.4 Å². The van der Waals surface area contributed by atoms with Crippen LogP contribution < -0.4 is 11.1 Å². The Balaban J connectivity index is 2.52. The lowest BCUT2D eigenvalue weighted by Crippen LogP contribution is -2.12. The van der Waals surface area contributed by atoms with E-state index in [1.807, 2.05) is 0 Å². The standard InChI is InChI=1S/C11H14BrFN2O2/c1-2-17-11(16)3-4-15-10-6-8(13)7(12)5-9(10)14/h5-6,15H,2-4,14H2,1H3. The molecule has 0 atom stereocenters. The molecule has 1 aromatic rings. The lowest BCUT2D eigenvalue weighted by atomic mass is 10.2. The van der Waals surface area contributed by atoms with Gasteiger partial charge in [-0.2, -0.15) is 0 Å². The third-order valence-electron chi connectivity index (χ3n) is 2.04. The first-order chi connectivity index (χ1) is 8.04. The number of benzene rings is 1. The molecule has 1 rings (SSSR count). The number of anilines is 2.